The summed E-state index contributed by atoms with van der Waals surface area (Å²) < 4.78 is 0. The lowest BCUT2D eigenvalue weighted by Gasteiger charge is -2.01. The van der Waals surface area contributed by atoms with Gasteiger partial charge in [0, 0.05) is 5.56 Å². The van der Waals surface area contributed by atoms with Gasteiger partial charge in [0.1, 0.15) is 5.88 Å². The van der Waals surface area contributed by atoms with Crippen LogP contribution >= 0.6 is 11.6 Å². The number of hydrogen-bond donors (Lipinski definition) is 1. The number of aryl methyl sites for hydroxylation is 1. The quantitative estimate of drug-likeness (QED) is 0.754. The highest BCUT2D eigenvalue weighted by Gasteiger charge is 2.08. The van der Waals surface area contributed by atoms with E-state index >= 15 is 0 Å². The fourth-order valence-electron chi connectivity index (χ4n) is 0.937. The maximum absolute atomic E-state index is 11.3. The van der Waals surface area contributed by atoms with Crippen molar-refractivity contribution in [2.24, 2.45) is 0 Å². The monoisotopic (exact) mass is 211 g/mol. The van der Waals surface area contributed by atoms with Crippen molar-refractivity contribution in [3.8, 4) is 0 Å². The van der Waals surface area contributed by atoms with Gasteiger partial charge in [0.2, 0.25) is 5.91 Å². The van der Waals surface area contributed by atoms with E-state index in [1.807, 2.05) is 6.92 Å². The predicted molar refractivity (Wildman–Crippen MR) is 54.4 cm³/mol. The minimum Gasteiger partial charge on any atom is -0.291 e. The van der Waals surface area contributed by atoms with Crippen LogP contribution in [0.25, 0.3) is 0 Å². The van der Waals surface area contributed by atoms with Crippen molar-refractivity contribution >= 4 is 23.4 Å². The zero-order valence-corrected chi connectivity index (χ0v) is 8.47. The van der Waals surface area contributed by atoms with Gasteiger partial charge in [-0.3, -0.25) is 14.9 Å². The van der Waals surface area contributed by atoms with Crippen molar-refractivity contribution in [1.29, 1.82) is 0 Å². The van der Waals surface area contributed by atoms with Crippen LogP contribution in [0, 0.1) is 6.92 Å². The number of carbonyl (C=O) groups is 2. The van der Waals surface area contributed by atoms with E-state index in [1.54, 1.807) is 24.3 Å². The van der Waals surface area contributed by atoms with Gasteiger partial charge in [-0.25, -0.2) is 0 Å². The lowest BCUT2D eigenvalue weighted by atomic mass is 10.1. The summed E-state index contributed by atoms with van der Waals surface area (Å²) in [4.78, 5) is 22.1. The molecule has 1 aromatic carbocycles. The minimum absolute atomic E-state index is 0.211. The molecule has 1 N–H and O–H groups in total. The van der Waals surface area contributed by atoms with Gasteiger partial charge in [0.05, 0.1) is 0 Å². The number of alkyl halides is 1. The molecule has 0 bridgehead atoms. The van der Waals surface area contributed by atoms with Crippen LogP contribution in [0.4, 0.5) is 0 Å². The van der Waals surface area contributed by atoms with Crippen molar-refractivity contribution in [2.75, 3.05) is 5.88 Å². The number of rotatable bonds is 2. The fourth-order valence-corrected chi connectivity index (χ4v) is 1.00. The Morgan fingerprint density at radius 2 is 1.86 bits per heavy atom. The second-order valence-electron chi connectivity index (χ2n) is 2.88. The summed E-state index contributed by atoms with van der Waals surface area (Å²) in [6.07, 6.45) is 0. The van der Waals surface area contributed by atoms with Crippen LogP contribution in [0.15, 0.2) is 24.3 Å². The molecule has 0 aromatic heterocycles. The van der Waals surface area contributed by atoms with Gasteiger partial charge in [0.15, 0.2) is 0 Å². The number of amides is 2. The van der Waals surface area contributed by atoms with Gasteiger partial charge in [-0.05, 0) is 19.1 Å². The Bertz CT molecular complexity index is 346. The molecule has 14 heavy (non-hydrogen) atoms. The first-order valence-corrected chi connectivity index (χ1v) is 4.63. The summed E-state index contributed by atoms with van der Waals surface area (Å²) >= 11 is 5.24. The number of benzene rings is 1. The highest BCUT2D eigenvalue weighted by Crippen LogP contribution is 2.02. The van der Waals surface area contributed by atoms with Crippen molar-refractivity contribution in [1.82, 2.24) is 5.32 Å². The van der Waals surface area contributed by atoms with Crippen molar-refractivity contribution in [2.45, 2.75) is 6.92 Å². The topological polar surface area (TPSA) is 46.2 Å². The van der Waals surface area contributed by atoms with Crippen LogP contribution < -0.4 is 5.32 Å². The first-order valence-electron chi connectivity index (χ1n) is 4.10. The zero-order chi connectivity index (χ0) is 10.6. The summed E-state index contributed by atoms with van der Waals surface area (Å²) in [5.74, 6) is -1.12. The van der Waals surface area contributed by atoms with Crippen LogP contribution in [0.2, 0.25) is 0 Å². The molecule has 3 nitrogen and oxygen atoms in total. The largest absolute Gasteiger partial charge is 0.291 e. The van der Waals surface area contributed by atoms with E-state index < -0.39 is 11.8 Å². The Hall–Kier alpha value is -1.35. The number of imide groups is 1. The van der Waals surface area contributed by atoms with E-state index in [-0.39, 0.29) is 5.88 Å². The highest BCUT2D eigenvalue weighted by atomic mass is 35.5. The highest BCUT2D eigenvalue weighted by molar-refractivity contribution is 6.28. The van der Waals surface area contributed by atoms with Crippen molar-refractivity contribution in [3.05, 3.63) is 35.4 Å². The van der Waals surface area contributed by atoms with Crippen LogP contribution in [0.1, 0.15) is 15.9 Å². The molecule has 0 atom stereocenters. The number of carbonyl (C=O) groups excluding carboxylic acids is 2. The second-order valence-corrected chi connectivity index (χ2v) is 3.14. The third-order valence-corrected chi connectivity index (χ3v) is 1.93. The van der Waals surface area contributed by atoms with Gasteiger partial charge >= 0.3 is 0 Å². The summed E-state index contributed by atoms with van der Waals surface area (Å²) in [5, 5.41) is 2.16. The fraction of sp³-hybridized carbons (Fsp3) is 0.200. The first-order chi connectivity index (χ1) is 6.63. The van der Waals surface area contributed by atoms with E-state index in [0.29, 0.717) is 5.56 Å². The Morgan fingerprint density at radius 3 is 2.36 bits per heavy atom. The minimum atomic E-state index is -0.489. The summed E-state index contributed by atoms with van der Waals surface area (Å²) in [5.41, 5.74) is 1.51. The van der Waals surface area contributed by atoms with Gasteiger partial charge < -0.3 is 0 Å². The average molecular weight is 212 g/mol. The lowest BCUT2D eigenvalue weighted by molar-refractivity contribution is -0.117. The molecule has 4 heteroatoms. The Balaban J connectivity index is 2.70. The van der Waals surface area contributed by atoms with E-state index in [0.717, 1.165) is 5.56 Å². The third kappa shape index (κ3) is 2.85. The van der Waals surface area contributed by atoms with E-state index in [1.165, 1.54) is 0 Å². The van der Waals surface area contributed by atoms with Crippen LogP contribution in [-0.2, 0) is 4.79 Å². The Morgan fingerprint density at radius 1 is 1.29 bits per heavy atom. The van der Waals surface area contributed by atoms with Crippen molar-refractivity contribution in [3.63, 3.8) is 0 Å². The predicted octanol–water partition coefficient (Wildman–Crippen LogP) is 1.49. The number of hydrogen-bond acceptors (Lipinski definition) is 2. The molecule has 0 unspecified atom stereocenters. The molecule has 0 saturated carbocycles. The summed E-state index contributed by atoms with van der Waals surface area (Å²) in [7, 11) is 0. The van der Waals surface area contributed by atoms with E-state index in [2.05, 4.69) is 5.32 Å². The number of halogens is 1. The Kier molecular flexibility index (Phi) is 3.65. The SMILES string of the molecule is Cc1ccc(C(=O)NC(=O)CCl)cc1. The molecule has 0 aliphatic heterocycles. The molecule has 74 valence electrons. The maximum atomic E-state index is 11.3. The molecular weight excluding hydrogens is 202 g/mol. The molecule has 0 spiro atoms. The lowest BCUT2D eigenvalue weighted by Crippen LogP contribution is -2.31. The molecule has 0 heterocycles. The van der Waals surface area contributed by atoms with E-state index in [4.69, 9.17) is 11.6 Å². The second kappa shape index (κ2) is 4.77. The van der Waals surface area contributed by atoms with Crippen molar-refractivity contribution < 1.29 is 9.59 Å². The number of nitrogens with one attached hydrogen (secondary N) is 1. The van der Waals surface area contributed by atoms with Gasteiger partial charge in [0.25, 0.3) is 5.91 Å². The zero-order valence-electron chi connectivity index (χ0n) is 7.71. The smallest absolute Gasteiger partial charge is 0.257 e. The van der Waals surface area contributed by atoms with Crippen LogP contribution in [0.5, 0.6) is 0 Å². The maximum Gasteiger partial charge on any atom is 0.257 e. The molecule has 1 rings (SSSR count). The standard InChI is InChI=1S/C10H10ClNO2/c1-7-2-4-8(5-3-7)10(14)12-9(13)6-11/h2-5H,6H2,1H3,(H,12,13,14). The molecular formula is C10H10ClNO2. The van der Waals surface area contributed by atoms with E-state index in [9.17, 15) is 9.59 Å². The molecule has 0 fully saturated rings. The van der Waals surface area contributed by atoms with Gasteiger partial charge in [-0.15, -0.1) is 11.6 Å². The van der Waals surface area contributed by atoms with Gasteiger partial charge in [-0.2, -0.15) is 0 Å². The first kappa shape index (κ1) is 10.7. The third-order valence-electron chi connectivity index (χ3n) is 1.69. The molecule has 0 saturated heterocycles. The summed E-state index contributed by atoms with van der Waals surface area (Å²) in [6, 6.07) is 6.93. The Labute approximate surface area is 87.1 Å². The molecule has 0 radical (unpaired) electrons. The molecule has 1 aromatic rings. The normalized spacial score (nSPS) is 9.57. The molecule has 2 amide bonds. The van der Waals surface area contributed by atoms with Gasteiger partial charge in [-0.1, -0.05) is 17.7 Å². The average Bonchev–Trinajstić information content (AvgIpc) is 2.18. The summed E-state index contributed by atoms with van der Waals surface area (Å²) in [6.45, 7) is 1.92. The van der Waals surface area contributed by atoms with Crippen LogP contribution in [0.3, 0.4) is 0 Å². The molecule has 0 aliphatic rings. The molecule has 0 aliphatic carbocycles. The van der Waals surface area contributed by atoms with Crippen LogP contribution in [-0.4, -0.2) is 17.7 Å².